The van der Waals surface area contributed by atoms with Gasteiger partial charge in [-0.1, -0.05) is 13.8 Å². The summed E-state index contributed by atoms with van der Waals surface area (Å²) in [5.41, 5.74) is -0.904. The van der Waals surface area contributed by atoms with E-state index in [1.165, 1.54) is 11.8 Å². The van der Waals surface area contributed by atoms with Gasteiger partial charge in [0.1, 0.15) is 0 Å². The highest BCUT2D eigenvalue weighted by molar-refractivity contribution is 5.83. The average molecular weight is 244 g/mol. The Bertz CT molecular complexity index is 275. The van der Waals surface area contributed by atoms with E-state index < -0.39 is 5.60 Å². The second kappa shape index (κ2) is 6.59. The maximum Gasteiger partial charge on any atom is 0.239 e. The fourth-order valence-electron chi connectivity index (χ4n) is 1.62. The molecule has 0 aliphatic carbocycles. The monoisotopic (exact) mass is 244 g/mol. The van der Waals surface area contributed by atoms with Crippen LogP contribution in [0.2, 0.25) is 0 Å². The predicted octanol–water partition coefficient (Wildman–Crippen LogP) is 0.378. The van der Waals surface area contributed by atoms with Gasteiger partial charge in [0.25, 0.3) is 0 Å². The van der Waals surface area contributed by atoms with E-state index in [2.05, 4.69) is 5.32 Å². The molecule has 0 rings (SSSR count). The first-order chi connectivity index (χ1) is 7.64. The van der Waals surface area contributed by atoms with Crippen molar-refractivity contribution in [2.24, 2.45) is 5.92 Å². The third-order valence-electron chi connectivity index (χ3n) is 2.43. The molecule has 0 spiro atoms. The summed E-state index contributed by atoms with van der Waals surface area (Å²) in [7, 11) is 1.56. The number of carbonyl (C=O) groups is 2. The molecule has 0 heterocycles. The highest BCUT2D eigenvalue weighted by Gasteiger charge is 2.22. The number of rotatable bonds is 6. The molecule has 2 N–H and O–H groups in total. The minimum Gasteiger partial charge on any atom is -0.388 e. The molecule has 0 saturated heterocycles. The van der Waals surface area contributed by atoms with Crippen LogP contribution in [-0.4, -0.2) is 47.6 Å². The van der Waals surface area contributed by atoms with Gasteiger partial charge >= 0.3 is 0 Å². The number of hydrogen-bond donors (Lipinski definition) is 2. The Kier molecular flexibility index (Phi) is 6.16. The van der Waals surface area contributed by atoms with Crippen molar-refractivity contribution in [2.45, 2.75) is 39.7 Å². The number of likely N-dealkylation sites (N-methyl/N-ethyl adjacent to an activating group) is 1. The third-order valence-corrected chi connectivity index (χ3v) is 2.43. The van der Waals surface area contributed by atoms with Crippen LogP contribution in [0, 0.1) is 5.92 Å². The van der Waals surface area contributed by atoms with E-state index in [0.29, 0.717) is 12.3 Å². The molecule has 100 valence electrons. The van der Waals surface area contributed by atoms with Crippen LogP contribution >= 0.6 is 0 Å². The first-order valence-corrected chi connectivity index (χ1v) is 5.85. The van der Waals surface area contributed by atoms with E-state index in [0.717, 1.165) is 0 Å². The summed E-state index contributed by atoms with van der Waals surface area (Å²) in [4.78, 5) is 23.7. The van der Waals surface area contributed by atoms with Gasteiger partial charge in [-0.25, -0.2) is 0 Å². The van der Waals surface area contributed by atoms with E-state index in [9.17, 15) is 14.7 Å². The Morgan fingerprint density at radius 1 is 1.41 bits per heavy atom. The van der Waals surface area contributed by atoms with Crippen LogP contribution < -0.4 is 5.32 Å². The lowest BCUT2D eigenvalue weighted by Crippen LogP contribution is -2.45. The van der Waals surface area contributed by atoms with Gasteiger partial charge in [-0.05, 0) is 19.3 Å². The Balaban J connectivity index is 4.03. The molecule has 0 bridgehead atoms. The summed E-state index contributed by atoms with van der Waals surface area (Å²) >= 11 is 0. The average Bonchev–Trinajstić information content (AvgIpc) is 2.12. The summed E-state index contributed by atoms with van der Waals surface area (Å²) in [6.07, 6.45) is 0.621. The number of hydrogen-bond acceptors (Lipinski definition) is 3. The number of aliphatic hydroxyl groups is 1. The molecule has 5 nitrogen and oxygen atoms in total. The fraction of sp³-hybridized carbons (Fsp3) is 0.833. The maximum atomic E-state index is 11.5. The minimum absolute atomic E-state index is 0.0209. The van der Waals surface area contributed by atoms with Gasteiger partial charge in [-0.2, -0.15) is 0 Å². The Morgan fingerprint density at radius 2 is 1.94 bits per heavy atom. The van der Waals surface area contributed by atoms with Crippen molar-refractivity contribution in [3.63, 3.8) is 0 Å². The molecule has 0 aliphatic rings. The molecule has 0 saturated carbocycles. The van der Waals surface area contributed by atoms with Crippen LogP contribution in [0.15, 0.2) is 0 Å². The van der Waals surface area contributed by atoms with E-state index in [1.54, 1.807) is 14.0 Å². The Hall–Kier alpha value is -1.10. The van der Waals surface area contributed by atoms with Gasteiger partial charge in [0, 0.05) is 20.5 Å². The molecular formula is C12H24N2O3. The molecule has 0 aromatic rings. The van der Waals surface area contributed by atoms with Crippen molar-refractivity contribution < 1.29 is 14.7 Å². The van der Waals surface area contributed by atoms with E-state index >= 15 is 0 Å². The Labute approximate surface area is 103 Å². The van der Waals surface area contributed by atoms with Crippen molar-refractivity contribution in [1.29, 1.82) is 0 Å². The van der Waals surface area contributed by atoms with Crippen molar-refractivity contribution >= 4 is 11.8 Å². The molecule has 0 aromatic carbocycles. The number of nitrogens with one attached hydrogen (secondary N) is 1. The van der Waals surface area contributed by atoms with Crippen molar-refractivity contribution in [3.05, 3.63) is 0 Å². The molecule has 0 aromatic heterocycles. The van der Waals surface area contributed by atoms with Crippen LogP contribution in [-0.2, 0) is 9.59 Å². The van der Waals surface area contributed by atoms with Crippen molar-refractivity contribution in [1.82, 2.24) is 10.2 Å². The van der Waals surface area contributed by atoms with E-state index in [-0.39, 0.29) is 24.9 Å². The lowest BCUT2D eigenvalue weighted by molar-refractivity contribution is -0.133. The van der Waals surface area contributed by atoms with Gasteiger partial charge in [0.05, 0.1) is 12.1 Å². The zero-order chi connectivity index (χ0) is 13.6. The van der Waals surface area contributed by atoms with Crippen LogP contribution in [0.25, 0.3) is 0 Å². The van der Waals surface area contributed by atoms with Crippen molar-refractivity contribution in [3.8, 4) is 0 Å². The van der Waals surface area contributed by atoms with E-state index in [4.69, 9.17) is 0 Å². The largest absolute Gasteiger partial charge is 0.388 e. The van der Waals surface area contributed by atoms with Crippen LogP contribution in [0.1, 0.15) is 34.1 Å². The molecular weight excluding hydrogens is 220 g/mol. The summed E-state index contributed by atoms with van der Waals surface area (Å²) in [5, 5.41) is 12.6. The third kappa shape index (κ3) is 7.74. The summed E-state index contributed by atoms with van der Waals surface area (Å²) in [6, 6.07) is 0. The lowest BCUT2D eigenvalue weighted by Gasteiger charge is -2.26. The second-order valence-electron chi connectivity index (χ2n) is 5.25. The highest BCUT2D eigenvalue weighted by atomic mass is 16.3. The van der Waals surface area contributed by atoms with Gasteiger partial charge < -0.3 is 15.3 Å². The number of carbonyl (C=O) groups excluding carboxylic acids is 2. The molecule has 0 fully saturated rings. The fourth-order valence-corrected chi connectivity index (χ4v) is 1.62. The summed E-state index contributed by atoms with van der Waals surface area (Å²) in [5.74, 6) is -0.0531. The predicted molar refractivity (Wildman–Crippen MR) is 66.4 cm³/mol. The molecule has 17 heavy (non-hydrogen) atoms. The molecule has 1 unspecified atom stereocenters. The molecule has 1 atom stereocenters. The van der Waals surface area contributed by atoms with Gasteiger partial charge in [0.2, 0.25) is 11.8 Å². The summed E-state index contributed by atoms with van der Waals surface area (Å²) < 4.78 is 0. The highest BCUT2D eigenvalue weighted by Crippen LogP contribution is 2.14. The first kappa shape index (κ1) is 15.9. The number of amides is 2. The quantitative estimate of drug-likeness (QED) is 0.709. The molecule has 2 amide bonds. The zero-order valence-corrected chi connectivity index (χ0v) is 11.4. The van der Waals surface area contributed by atoms with Crippen LogP contribution in [0.4, 0.5) is 0 Å². The second-order valence-corrected chi connectivity index (χ2v) is 5.25. The molecule has 0 aliphatic heterocycles. The first-order valence-electron chi connectivity index (χ1n) is 5.85. The number of nitrogens with zero attached hydrogens (tertiary/aromatic N) is 1. The summed E-state index contributed by atoms with van der Waals surface area (Å²) in [6.45, 7) is 7.35. The molecule has 5 heteroatoms. The van der Waals surface area contributed by atoms with Gasteiger partial charge in [-0.15, -0.1) is 0 Å². The van der Waals surface area contributed by atoms with Crippen LogP contribution in [0.5, 0.6) is 0 Å². The maximum absolute atomic E-state index is 11.5. The van der Waals surface area contributed by atoms with Gasteiger partial charge in [0.15, 0.2) is 0 Å². The van der Waals surface area contributed by atoms with Crippen molar-refractivity contribution in [2.75, 3.05) is 20.1 Å². The SMILES string of the molecule is CC(=O)N(C)CC(=O)NCC(C)(O)CC(C)C. The smallest absolute Gasteiger partial charge is 0.239 e. The lowest BCUT2D eigenvalue weighted by atomic mass is 9.94. The van der Waals surface area contributed by atoms with Crippen LogP contribution in [0.3, 0.4) is 0 Å². The standard InChI is InChI=1S/C12H24N2O3/c1-9(2)6-12(4,17)8-13-11(16)7-14(5)10(3)15/h9,17H,6-8H2,1-5H3,(H,13,16). The normalized spacial score (nSPS) is 14.3. The van der Waals surface area contributed by atoms with E-state index in [1.807, 2.05) is 13.8 Å². The zero-order valence-electron chi connectivity index (χ0n) is 11.4. The molecule has 0 radical (unpaired) electrons. The minimum atomic E-state index is -0.904. The Morgan fingerprint density at radius 3 is 2.35 bits per heavy atom. The topological polar surface area (TPSA) is 69.6 Å². The van der Waals surface area contributed by atoms with Gasteiger partial charge in [-0.3, -0.25) is 9.59 Å².